The zero-order chi connectivity index (χ0) is 12.5. The van der Waals surface area contributed by atoms with Crippen molar-refractivity contribution in [3.8, 4) is 5.69 Å². The highest BCUT2D eigenvalue weighted by Gasteiger charge is 2.07. The summed E-state index contributed by atoms with van der Waals surface area (Å²) in [6.45, 7) is 0. The van der Waals surface area contributed by atoms with E-state index < -0.39 is 9.84 Å². The molecule has 5 nitrogen and oxygen atoms in total. The molecule has 0 amide bonds. The minimum atomic E-state index is -3.24. The molecule has 0 aliphatic heterocycles. The zero-order valence-electron chi connectivity index (χ0n) is 9.07. The molecule has 0 spiro atoms. The molecule has 0 saturated heterocycles. The standard InChI is InChI=1S/C11H10N2O3S/c1-17(15,16)11-4-2-3-9(7-11)13-6-5-10(14)8-12-13/h2-8H,1H3. The van der Waals surface area contributed by atoms with Crippen molar-refractivity contribution < 1.29 is 8.42 Å². The smallest absolute Gasteiger partial charge is 0.200 e. The summed E-state index contributed by atoms with van der Waals surface area (Å²) >= 11 is 0. The van der Waals surface area contributed by atoms with Crippen LogP contribution in [0.5, 0.6) is 0 Å². The van der Waals surface area contributed by atoms with Crippen LogP contribution in [0.4, 0.5) is 0 Å². The van der Waals surface area contributed by atoms with Crippen molar-refractivity contribution >= 4 is 9.84 Å². The van der Waals surface area contributed by atoms with E-state index in [9.17, 15) is 13.2 Å². The number of benzene rings is 1. The number of aromatic nitrogens is 2. The van der Waals surface area contributed by atoms with Crippen LogP contribution in [-0.4, -0.2) is 24.5 Å². The molecule has 0 N–H and O–H groups in total. The summed E-state index contributed by atoms with van der Waals surface area (Å²) in [5, 5.41) is 3.88. The Morgan fingerprint density at radius 2 is 2.00 bits per heavy atom. The maximum absolute atomic E-state index is 11.4. The molecular weight excluding hydrogens is 240 g/mol. The molecule has 0 fully saturated rings. The normalized spacial score (nSPS) is 11.4. The van der Waals surface area contributed by atoms with Crippen molar-refractivity contribution in [2.75, 3.05) is 6.26 Å². The fourth-order valence-corrected chi connectivity index (χ4v) is 2.01. The van der Waals surface area contributed by atoms with Crippen LogP contribution in [0.15, 0.2) is 52.4 Å². The van der Waals surface area contributed by atoms with Gasteiger partial charge in [0.25, 0.3) is 0 Å². The lowest BCUT2D eigenvalue weighted by atomic mass is 10.3. The van der Waals surface area contributed by atoms with Crippen molar-refractivity contribution in [2.24, 2.45) is 0 Å². The lowest BCUT2D eigenvalue weighted by Crippen LogP contribution is -2.07. The first-order chi connectivity index (χ1) is 7.97. The minimum absolute atomic E-state index is 0.194. The van der Waals surface area contributed by atoms with Crippen LogP contribution in [0.3, 0.4) is 0 Å². The second kappa shape index (κ2) is 4.14. The van der Waals surface area contributed by atoms with Gasteiger partial charge < -0.3 is 0 Å². The van der Waals surface area contributed by atoms with Gasteiger partial charge in [0.05, 0.1) is 16.8 Å². The van der Waals surface area contributed by atoms with Crippen LogP contribution in [0.2, 0.25) is 0 Å². The Morgan fingerprint density at radius 1 is 1.24 bits per heavy atom. The predicted octanol–water partition coefficient (Wildman–Crippen LogP) is 0.636. The third-order valence-electron chi connectivity index (χ3n) is 2.20. The Balaban J connectivity index is 2.54. The summed E-state index contributed by atoms with van der Waals surface area (Å²) in [4.78, 5) is 11.1. The van der Waals surface area contributed by atoms with E-state index in [-0.39, 0.29) is 10.3 Å². The van der Waals surface area contributed by atoms with Crippen molar-refractivity contribution in [2.45, 2.75) is 4.90 Å². The molecule has 0 saturated carbocycles. The summed E-state index contributed by atoms with van der Waals surface area (Å²) in [5.41, 5.74) is 0.397. The van der Waals surface area contributed by atoms with Crippen molar-refractivity contribution in [1.29, 1.82) is 0 Å². The second-order valence-electron chi connectivity index (χ2n) is 3.58. The van der Waals surface area contributed by atoms with E-state index in [1.807, 2.05) is 0 Å². The summed E-state index contributed by atoms with van der Waals surface area (Å²) < 4.78 is 24.2. The van der Waals surface area contributed by atoms with E-state index >= 15 is 0 Å². The molecule has 17 heavy (non-hydrogen) atoms. The van der Waals surface area contributed by atoms with Crippen LogP contribution < -0.4 is 5.43 Å². The molecule has 0 aliphatic carbocycles. The first-order valence-electron chi connectivity index (χ1n) is 4.82. The molecule has 0 radical (unpaired) electrons. The second-order valence-corrected chi connectivity index (χ2v) is 5.59. The Hall–Kier alpha value is -1.95. The lowest BCUT2D eigenvalue weighted by Gasteiger charge is -2.05. The Morgan fingerprint density at radius 3 is 2.59 bits per heavy atom. The molecule has 0 bridgehead atoms. The molecule has 0 atom stereocenters. The SMILES string of the molecule is CS(=O)(=O)c1cccc(-n2ccc(=O)cn2)c1. The predicted molar refractivity (Wildman–Crippen MR) is 62.9 cm³/mol. The van der Waals surface area contributed by atoms with E-state index in [1.54, 1.807) is 12.1 Å². The van der Waals surface area contributed by atoms with Gasteiger partial charge in [-0.25, -0.2) is 13.1 Å². The molecule has 2 rings (SSSR count). The fraction of sp³-hybridized carbons (Fsp3) is 0.0909. The largest absolute Gasteiger partial charge is 0.288 e. The highest BCUT2D eigenvalue weighted by atomic mass is 32.2. The number of sulfone groups is 1. The van der Waals surface area contributed by atoms with E-state index in [2.05, 4.69) is 5.10 Å². The molecule has 0 aliphatic rings. The highest BCUT2D eigenvalue weighted by Crippen LogP contribution is 2.13. The van der Waals surface area contributed by atoms with E-state index in [4.69, 9.17) is 0 Å². The van der Waals surface area contributed by atoms with Crippen LogP contribution in [-0.2, 0) is 9.84 Å². The molecule has 1 heterocycles. The van der Waals surface area contributed by atoms with Crippen LogP contribution in [0, 0.1) is 0 Å². The molecule has 0 unspecified atom stereocenters. The zero-order valence-corrected chi connectivity index (χ0v) is 9.89. The summed E-state index contributed by atoms with van der Waals surface area (Å²) in [6, 6.07) is 7.73. The molecule has 6 heteroatoms. The van der Waals surface area contributed by atoms with E-state index in [0.717, 1.165) is 6.26 Å². The summed E-state index contributed by atoms with van der Waals surface area (Å²) in [6.07, 6.45) is 3.81. The average molecular weight is 250 g/mol. The maximum atomic E-state index is 11.4. The quantitative estimate of drug-likeness (QED) is 0.784. The van der Waals surface area contributed by atoms with Gasteiger partial charge in [-0.1, -0.05) is 6.07 Å². The molecular formula is C11H10N2O3S. The van der Waals surface area contributed by atoms with Gasteiger partial charge in [-0.3, -0.25) is 4.79 Å². The fourth-order valence-electron chi connectivity index (χ4n) is 1.35. The Kier molecular flexibility index (Phi) is 2.81. The van der Waals surface area contributed by atoms with Gasteiger partial charge in [0.15, 0.2) is 15.3 Å². The van der Waals surface area contributed by atoms with Crippen LogP contribution in [0.25, 0.3) is 5.69 Å². The first-order valence-corrected chi connectivity index (χ1v) is 6.71. The van der Waals surface area contributed by atoms with Gasteiger partial charge in [-0.15, -0.1) is 0 Å². The molecule has 1 aromatic carbocycles. The third kappa shape index (κ3) is 2.59. The maximum Gasteiger partial charge on any atom is 0.200 e. The average Bonchev–Trinajstić information content (AvgIpc) is 2.29. The monoisotopic (exact) mass is 250 g/mol. The topological polar surface area (TPSA) is 69.0 Å². The van der Waals surface area contributed by atoms with E-state index in [0.29, 0.717) is 5.69 Å². The third-order valence-corrected chi connectivity index (χ3v) is 3.31. The van der Waals surface area contributed by atoms with Crippen LogP contribution in [0.1, 0.15) is 0 Å². The van der Waals surface area contributed by atoms with Crippen molar-refractivity contribution in [3.63, 3.8) is 0 Å². The number of hydrogen-bond donors (Lipinski definition) is 0. The van der Waals surface area contributed by atoms with Gasteiger partial charge >= 0.3 is 0 Å². The summed E-state index contributed by atoms with van der Waals surface area (Å²) in [5.74, 6) is 0. The number of nitrogens with zero attached hydrogens (tertiary/aromatic N) is 2. The number of hydrogen-bond acceptors (Lipinski definition) is 4. The van der Waals surface area contributed by atoms with Crippen molar-refractivity contribution in [3.05, 3.63) is 52.9 Å². The van der Waals surface area contributed by atoms with Gasteiger partial charge in [0.2, 0.25) is 0 Å². The van der Waals surface area contributed by atoms with Gasteiger partial charge in [-0.2, -0.15) is 5.10 Å². The first kappa shape index (κ1) is 11.5. The molecule has 1 aromatic heterocycles. The Labute approximate surface area is 98.3 Å². The van der Waals surface area contributed by atoms with E-state index in [1.165, 1.54) is 35.3 Å². The molecule has 2 aromatic rings. The van der Waals surface area contributed by atoms with Crippen LogP contribution >= 0.6 is 0 Å². The minimum Gasteiger partial charge on any atom is -0.288 e. The molecule has 88 valence electrons. The van der Waals surface area contributed by atoms with Gasteiger partial charge in [-0.05, 0) is 18.2 Å². The van der Waals surface area contributed by atoms with Gasteiger partial charge in [0, 0.05) is 18.5 Å². The van der Waals surface area contributed by atoms with Gasteiger partial charge in [0.1, 0.15) is 0 Å². The Bertz CT molecular complexity index is 684. The highest BCUT2D eigenvalue weighted by molar-refractivity contribution is 7.90. The van der Waals surface area contributed by atoms with Crippen molar-refractivity contribution in [1.82, 2.24) is 9.78 Å². The summed E-state index contributed by atoms with van der Waals surface area (Å²) in [7, 11) is -3.24. The number of rotatable bonds is 2. The lowest BCUT2D eigenvalue weighted by molar-refractivity contribution is 0.601.